The molecule has 1 saturated heterocycles. The van der Waals surface area contributed by atoms with Crippen LogP contribution in [0.4, 0.5) is 0 Å². The summed E-state index contributed by atoms with van der Waals surface area (Å²) in [6.07, 6.45) is 1.29. The number of ether oxygens (including phenoxy) is 1. The highest BCUT2D eigenvalue weighted by atomic mass is 32.2. The molecule has 0 aliphatic carbocycles. The molecule has 0 amide bonds. The minimum atomic E-state index is -3.43. The maximum atomic E-state index is 12.0. The number of carboxylic acid groups (broad SMARTS) is 1. The summed E-state index contributed by atoms with van der Waals surface area (Å²) in [5.74, 6) is -0.988. The molecule has 0 aromatic heterocycles. The molecule has 1 heterocycles. The number of hydrogen-bond donors (Lipinski definition) is 2. The third kappa shape index (κ3) is 5.11. The standard InChI is InChI=1S/C14H19NO5S/c16-14(17)8-11-4-1-2-5-12(11)9-15-21(18,19)10-13-6-3-7-20-13/h1-2,4-5,13,15H,3,6-10H2,(H,16,17). The van der Waals surface area contributed by atoms with Gasteiger partial charge in [-0.25, -0.2) is 13.1 Å². The van der Waals surface area contributed by atoms with E-state index in [1.807, 2.05) is 0 Å². The predicted molar refractivity (Wildman–Crippen MR) is 77.4 cm³/mol. The van der Waals surface area contributed by atoms with Crippen LogP contribution >= 0.6 is 0 Å². The topological polar surface area (TPSA) is 92.7 Å². The zero-order valence-electron chi connectivity index (χ0n) is 11.6. The van der Waals surface area contributed by atoms with Crippen LogP contribution in [-0.4, -0.2) is 38.0 Å². The highest BCUT2D eigenvalue weighted by Crippen LogP contribution is 2.14. The van der Waals surface area contributed by atoms with E-state index >= 15 is 0 Å². The van der Waals surface area contributed by atoms with Crippen LogP contribution in [0.2, 0.25) is 0 Å². The molecule has 2 N–H and O–H groups in total. The van der Waals surface area contributed by atoms with E-state index < -0.39 is 16.0 Å². The van der Waals surface area contributed by atoms with Gasteiger partial charge < -0.3 is 9.84 Å². The first-order valence-corrected chi connectivity index (χ1v) is 8.49. The monoisotopic (exact) mass is 313 g/mol. The van der Waals surface area contributed by atoms with Crippen LogP contribution in [0.3, 0.4) is 0 Å². The average molecular weight is 313 g/mol. The van der Waals surface area contributed by atoms with E-state index in [0.717, 1.165) is 12.8 Å². The Labute approximate surface area is 124 Å². The van der Waals surface area contributed by atoms with Gasteiger partial charge in [0.1, 0.15) is 0 Å². The minimum absolute atomic E-state index is 0.0475. The van der Waals surface area contributed by atoms with Crippen molar-refractivity contribution in [3.63, 3.8) is 0 Å². The maximum absolute atomic E-state index is 12.0. The van der Waals surface area contributed by atoms with Gasteiger partial charge in [-0.2, -0.15) is 0 Å². The van der Waals surface area contributed by atoms with Gasteiger partial charge in [-0.1, -0.05) is 24.3 Å². The number of rotatable bonds is 7. The Morgan fingerprint density at radius 1 is 1.33 bits per heavy atom. The number of carbonyl (C=O) groups is 1. The number of carboxylic acids is 1. The fourth-order valence-electron chi connectivity index (χ4n) is 2.33. The van der Waals surface area contributed by atoms with Crippen LogP contribution in [0.1, 0.15) is 24.0 Å². The lowest BCUT2D eigenvalue weighted by atomic mass is 10.1. The first-order chi connectivity index (χ1) is 9.96. The first kappa shape index (κ1) is 15.9. The smallest absolute Gasteiger partial charge is 0.307 e. The molecule has 1 aromatic rings. The van der Waals surface area contributed by atoms with Gasteiger partial charge in [-0.05, 0) is 24.0 Å². The Morgan fingerprint density at radius 3 is 2.67 bits per heavy atom. The molecule has 1 aliphatic heterocycles. The third-order valence-corrected chi connectivity index (χ3v) is 4.77. The maximum Gasteiger partial charge on any atom is 0.307 e. The molecule has 7 heteroatoms. The second-order valence-corrected chi connectivity index (χ2v) is 6.93. The van der Waals surface area contributed by atoms with Crippen molar-refractivity contribution in [2.75, 3.05) is 12.4 Å². The normalized spacial score (nSPS) is 18.8. The van der Waals surface area contributed by atoms with Gasteiger partial charge in [-0.15, -0.1) is 0 Å². The van der Waals surface area contributed by atoms with Crippen molar-refractivity contribution in [2.24, 2.45) is 0 Å². The molecule has 0 bridgehead atoms. The third-order valence-electron chi connectivity index (χ3n) is 3.37. The van der Waals surface area contributed by atoms with Crippen LogP contribution < -0.4 is 4.72 Å². The van der Waals surface area contributed by atoms with Crippen molar-refractivity contribution in [3.05, 3.63) is 35.4 Å². The van der Waals surface area contributed by atoms with Gasteiger partial charge in [0.05, 0.1) is 18.3 Å². The predicted octanol–water partition coefficient (Wildman–Crippen LogP) is 0.912. The van der Waals surface area contributed by atoms with Crippen LogP contribution in [0, 0.1) is 0 Å². The van der Waals surface area contributed by atoms with Crippen molar-refractivity contribution in [1.29, 1.82) is 0 Å². The molecule has 1 aromatic carbocycles. The highest BCUT2D eigenvalue weighted by molar-refractivity contribution is 7.89. The minimum Gasteiger partial charge on any atom is -0.481 e. The molecule has 1 fully saturated rings. The fourth-order valence-corrected chi connectivity index (χ4v) is 3.58. The molecule has 0 spiro atoms. The Balaban J connectivity index is 1.97. The highest BCUT2D eigenvalue weighted by Gasteiger charge is 2.23. The van der Waals surface area contributed by atoms with Crippen LogP contribution in [0.5, 0.6) is 0 Å². The molecule has 1 aliphatic rings. The molecule has 0 radical (unpaired) electrons. The van der Waals surface area contributed by atoms with E-state index in [1.54, 1.807) is 24.3 Å². The van der Waals surface area contributed by atoms with Crippen molar-refractivity contribution in [3.8, 4) is 0 Å². The molecule has 0 saturated carbocycles. The Morgan fingerprint density at radius 2 is 2.05 bits per heavy atom. The molecule has 2 rings (SSSR count). The number of aliphatic carboxylic acids is 1. The molecular weight excluding hydrogens is 294 g/mol. The number of hydrogen-bond acceptors (Lipinski definition) is 4. The van der Waals surface area contributed by atoms with E-state index in [0.29, 0.717) is 17.7 Å². The second kappa shape index (κ2) is 7.02. The zero-order valence-corrected chi connectivity index (χ0v) is 12.4. The number of sulfonamides is 1. The summed E-state index contributed by atoms with van der Waals surface area (Å²) in [6, 6.07) is 6.92. The second-order valence-electron chi connectivity index (χ2n) is 5.08. The van der Waals surface area contributed by atoms with Gasteiger partial charge in [-0.3, -0.25) is 4.79 Å². The summed E-state index contributed by atoms with van der Waals surface area (Å²) in [6.45, 7) is 0.708. The largest absolute Gasteiger partial charge is 0.481 e. The summed E-state index contributed by atoms with van der Waals surface area (Å²) in [7, 11) is -3.43. The summed E-state index contributed by atoms with van der Waals surface area (Å²) in [5, 5.41) is 8.85. The van der Waals surface area contributed by atoms with E-state index in [4.69, 9.17) is 9.84 Å². The van der Waals surface area contributed by atoms with E-state index in [9.17, 15) is 13.2 Å². The van der Waals surface area contributed by atoms with Gasteiger partial charge in [0.25, 0.3) is 0 Å². The zero-order chi connectivity index (χ0) is 15.3. The number of benzene rings is 1. The lowest BCUT2D eigenvalue weighted by Crippen LogP contribution is -2.31. The summed E-state index contributed by atoms with van der Waals surface area (Å²) in [5.41, 5.74) is 1.29. The van der Waals surface area contributed by atoms with Crippen molar-refractivity contribution in [1.82, 2.24) is 4.72 Å². The molecule has 1 unspecified atom stereocenters. The first-order valence-electron chi connectivity index (χ1n) is 6.84. The van der Waals surface area contributed by atoms with Gasteiger partial charge in [0.15, 0.2) is 0 Å². The molecule has 1 atom stereocenters. The lowest BCUT2D eigenvalue weighted by Gasteiger charge is -2.12. The van der Waals surface area contributed by atoms with E-state index in [1.165, 1.54) is 0 Å². The van der Waals surface area contributed by atoms with Gasteiger partial charge in [0.2, 0.25) is 10.0 Å². The molecule has 116 valence electrons. The quantitative estimate of drug-likeness (QED) is 0.780. The molecular formula is C14H19NO5S. The van der Waals surface area contributed by atoms with E-state index in [-0.39, 0.29) is 24.8 Å². The van der Waals surface area contributed by atoms with Gasteiger partial charge >= 0.3 is 5.97 Å². The molecule has 6 nitrogen and oxygen atoms in total. The summed E-state index contributed by atoms with van der Waals surface area (Å²) < 4.78 is 31.8. The van der Waals surface area contributed by atoms with E-state index in [2.05, 4.69) is 4.72 Å². The average Bonchev–Trinajstić information content (AvgIpc) is 2.89. The van der Waals surface area contributed by atoms with Crippen molar-refractivity contribution >= 4 is 16.0 Å². The molecule has 21 heavy (non-hydrogen) atoms. The summed E-state index contributed by atoms with van der Waals surface area (Å²) >= 11 is 0. The van der Waals surface area contributed by atoms with Crippen molar-refractivity contribution < 1.29 is 23.1 Å². The fraction of sp³-hybridized carbons (Fsp3) is 0.500. The number of nitrogens with one attached hydrogen (secondary N) is 1. The SMILES string of the molecule is O=C(O)Cc1ccccc1CNS(=O)(=O)CC1CCCO1. The van der Waals surface area contributed by atoms with Crippen LogP contribution in [0.15, 0.2) is 24.3 Å². The summed E-state index contributed by atoms with van der Waals surface area (Å²) in [4.78, 5) is 10.8. The Kier molecular flexibility index (Phi) is 5.33. The van der Waals surface area contributed by atoms with Gasteiger partial charge in [0, 0.05) is 13.2 Å². The Hall–Kier alpha value is -1.44. The lowest BCUT2D eigenvalue weighted by molar-refractivity contribution is -0.136. The van der Waals surface area contributed by atoms with Crippen molar-refractivity contribution in [2.45, 2.75) is 31.9 Å². The Bertz CT molecular complexity index is 593. The van der Waals surface area contributed by atoms with Crippen LogP contribution in [-0.2, 0) is 32.5 Å². The van der Waals surface area contributed by atoms with Crippen LogP contribution in [0.25, 0.3) is 0 Å².